The molecule has 0 aliphatic carbocycles. The van der Waals surface area contributed by atoms with Crippen molar-refractivity contribution in [3.63, 3.8) is 0 Å². The zero-order valence-electron chi connectivity index (χ0n) is 8.25. The minimum atomic E-state index is 0.299. The summed E-state index contributed by atoms with van der Waals surface area (Å²) in [5.74, 6) is 1.56. The summed E-state index contributed by atoms with van der Waals surface area (Å²) in [5.41, 5.74) is 1.12. The van der Waals surface area contributed by atoms with Crippen LogP contribution >= 0.6 is 11.6 Å². The standard InChI is InChI=1S/C11H12ClNO2/c12-8-5-11-10(14-6-15-11)4-7(8)9-2-1-3-13-9/h4-5,9,13H,1-3,6H2/t9-/m1/s1. The summed E-state index contributed by atoms with van der Waals surface area (Å²) >= 11 is 6.21. The largest absolute Gasteiger partial charge is 0.454 e. The summed E-state index contributed by atoms with van der Waals surface area (Å²) in [5, 5.41) is 4.19. The molecule has 2 aliphatic rings. The van der Waals surface area contributed by atoms with Crippen molar-refractivity contribution >= 4 is 11.6 Å². The molecule has 2 heterocycles. The Bertz CT molecular complexity index is 388. The fraction of sp³-hybridized carbons (Fsp3) is 0.455. The van der Waals surface area contributed by atoms with E-state index in [1.165, 1.54) is 6.42 Å². The van der Waals surface area contributed by atoms with Gasteiger partial charge in [-0.25, -0.2) is 0 Å². The molecule has 0 spiro atoms. The van der Waals surface area contributed by atoms with Crippen molar-refractivity contribution in [3.8, 4) is 11.5 Å². The molecule has 80 valence electrons. The third-order valence-electron chi connectivity index (χ3n) is 2.93. The van der Waals surface area contributed by atoms with Crippen LogP contribution in [0.4, 0.5) is 0 Å². The maximum Gasteiger partial charge on any atom is 0.231 e. The van der Waals surface area contributed by atoms with E-state index in [4.69, 9.17) is 21.1 Å². The lowest BCUT2D eigenvalue weighted by Crippen LogP contribution is -2.13. The van der Waals surface area contributed by atoms with Gasteiger partial charge in [-0.2, -0.15) is 0 Å². The number of nitrogens with one attached hydrogen (secondary N) is 1. The Morgan fingerprint density at radius 2 is 2.07 bits per heavy atom. The second-order valence-corrected chi connectivity index (χ2v) is 4.28. The lowest BCUT2D eigenvalue weighted by atomic mass is 10.0. The highest BCUT2D eigenvalue weighted by Gasteiger charge is 2.23. The van der Waals surface area contributed by atoms with Gasteiger partial charge in [0.1, 0.15) is 0 Å². The van der Waals surface area contributed by atoms with Crippen LogP contribution in [-0.4, -0.2) is 13.3 Å². The first-order valence-electron chi connectivity index (χ1n) is 5.17. The molecule has 4 heteroatoms. The van der Waals surface area contributed by atoms with Gasteiger partial charge in [0.15, 0.2) is 11.5 Å². The van der Waals surface area contributed by atoms with Gasteiger partial charge < -0.3 is 14.8 Å². The van der Waals surface area contributed by atoms with Crippen molar-refractivity contribution in [1.29, 1.82) is 0 Å². The first kappa shape index (κ1) is 9.31. The highest BCUT2D eigenvalue weighted by molar-refractivity contribution is 6.31. The molecule has 0 aromatic heterocycles. The molecular weight excluding hydrogens is 214 g/mol. The van der Waals surface area contributed by atoms with E-state index in [0.29, 0.717) is 12.8 Å². The van der Waals surface area contributed by atoms with E-state index in [1.807, 2.05) is 12.1 Å². The molecule has 0 saturated carbocycles. The molecule has 1 aromatic carbocycles. The summed E-state index contributed by atoms with van der Waals surface area (Å²) in [7, 11) is 0. The van der Waals surface area contributed by atoms with Crippen LogP contribution in [0, 0.1) is 0 Å². The fourth-order valence-electron chi connectivity index (χ4n) is 2.15. The van der Waals surface area contributed by atoms with Gasteiger partial charge in [0, 0.05) is 17.1 Å². The second kappa shape index (κ2) is 3.58. The van der Waals surface area contributed by atoms with Crippen LogP contribution in [0.1, 0.15) is 24.4 Å². The molecule has 1 N–H and O–H groups in total. The van der Waals surface area contributed by atoms with Crippen LogP contribution in [-0.2, 0) is 0 Å². The molecule has 1 saturated heterocycles. The molecule has 1 atom stereocenters. The van der Waals surface area contributed by atoms with Gasteiger partial charge in [-0.3, -0.25) is 0 Å². The first-order chi connectivity index (χ1) is 7.34. The van der Waals surface area contributed by atoms with Gasteiger partial charge >= 0.3 is 0 Å². The molecule has 1 fully saturated rings. The lowest BCUT2D eigenvalue weighted by molar-refractivity contribution is 0.174. The second-order valence-electron chi connectivity index (χ2n) is 3.88. The van der Waals surface area contributed by atoms with E-state index in [1.54, 1.807) is 0 Å². The maximum absolute atomic E-state index is 6.21. The Labute approximate surface area is 93.3 Å². The molecule has 0 bridgehead atoms. The van der Waals surface area contributed by atoms with Gasteiger partial charge in [-0.05, 0) is 31.0 Å². The SMILES string of the molecule is Clc1cc2c(cc1[C@H]1CCCN1)OCO2. The van der Waals surface area contributed by atoms with Crippen LogP contribution in [0.25, 0.3) is 0 Å². The number of rotatable bonds is 1. The number of hydrogen-bond donors (Lipinski definition) is 1. The molecule has 2 aliphatic heterocycles. The van der Waals surface area contributed by atoms with Gasteiger partial charge in [0.25, 0.3) is 0 Å². The van der Waals surface area contributed by atoms with Crippen molar-refractivity contribution in [2.45, 2.75) is 18.9 Å². The molecule has 0 radical (unpaired) electrons. The molecule has 0 amide bonds. The quantitative estimate of drug-likeness (QED) is 0.797. The highest BCUT2D eigenvalue weighted by atomic mass is 35.5. The molecule has 15 heavy (non-hydrogen) atoms. The van der Waals surface area contributed by atoms with E-state index in [0.717, 1.165) is 35.1 Å². The predicted molar refractivity (Wildman–Crippen MR) is 57.6 cm³/mol. The minimum Gasteiger partial charge on any atom is -0.454 e. The number of benzene rings is 1. The van der Waals surface area contributed by atoms with Crippen molar-refractivity contribution in [2.75, 3.05) is 13.3 Å². The summed E-state index contributed by atoms with van der Waals surface area (Å²) in [6.07, 6.45) is 2.34. The van der Waals surface area contributed by atoms with Crippen molar-refractivity contribution < 1.29 is 9.47 Å². The summed E-state index contributed by atoms with van der Waals surface area (Å²) in [6.45, 7) is 1.36. The maximum atomic E-state index is 6.21. The third kappa shape index (κ3) is 1.56. The average molecular weight is 226 g/mol. The summed E-state index contributed by atoms with van der Waals surface area (Å²) in [6, 6.07) is 4.21. The van der Waals surface area contributed by atoms with Gasteiger partial charge in [0.05, 0.1) is 0 Å². The number of ether oxygens (including phenoxy) is 2. The van der Waals surface area contributed by atoms with Crippen molar-refractivity contribution in [1.82, 2.24) is 5.32 Å². The summed E-state index contributed by atoms with van der Waals surface area (Å²) in [4.78, 5) is 0. The fourth-order valence-corrected chi connectivity index (χ4v) is 2.44. The Balaban J connectivity index is 2.00. The van der Waals surface area contributed by atoms with Gasteiger partial charge in [-0.1, -0.05) is 11.6 Å². The Hall–Kier alpha value is -0.930. The first-order valence-corrected chi connectivity index (χ1v) is 5.55. The zero-order chi connectivity index (χ0) is 10.3. The number of halogens is 1. The van der Waals surface area contributed by atoms with E-state index < -0.39 is 0 Å². The normalized spacial score (nSPS) is 23.4. The van der Waals surface area contributed by atoms with Crippen LogP contribution in [0.2, 0.25) is 5.02 Å². The van der Waals surface area contributed by atoms with Crippen LogP contribution in [0.3, 0.4) is 0 Å². The molecule has 1 aromatic rings. The Morgan fingerprint density at radius 1 is 1.27 bits per heavy atom. The van der Waals surface area contributed by atoms with E-state index >= 15 is 0 Å². The van der Waals surface area contributed by atoms with E-state index in [2.05, 4.69) is 5.32 Å². The third-order valence-corrected chi connectivity index (χ3v) is 3.25. The molecule has 3 rings (SSSR count). The van der Waals surface area contributed by atoms with E-state index in [9.17, 15) is 0 Å². The Morgan fingerprint density at radius 3 is 2.80 bits per heavy atom. The Kier molecular flexibility index (Phi) is 2.22. The molecule has 3 nitrogen and oxygen atoms in total. The lowest BCUT2D eigenvalue weighted by Gasteiger charge is -2.13. The van der Waals surface area contributed by atoms with Crippen molar-refractivity contribution in [3.05, 3.63) is 22.7 Å². The minimum absolute atomic E-state index is 0.299. The van der Waals surface area contributed by atoms with Gasteiger partial charge in [-0.15, -0.1) is 0 Å². The molecule has 0 unspecified atom stereocenters. The number of fused-ring (bicyclic) bond motifs is 1. The van der Waals surface area contributed by atoms with Gasteiger partial charge in [0.2, 0.25) is 6.79 Å². The monoisotopic (exact) mass is 225 g/mol. The smallest absolute Gasteiger partial charge is 0.231 e. The van der Waals surface area contributed by atoms with Crippen molar-refractivity contribution in [2.24, 2.45) is 0 Å². The average Bonchev–Trinajstić information content (AvgIpc) is 2.85. The van der Waals surface area contributed by atoms with Crippen LogP contribution < -0.4 is 14.8 Å². The van der Waals surface area contributed by atoms with Crippen LogP contribution in [0.5, 0.6) is 11.5 Å². The summed E-state index contributed by atoms with van der Waals surface area (Å²) < 4.78 is 10.6. The molecular formula is C11H12ClNO2. The van der Waals surface area contributed by atoms with Crippen LogP contribution in [0.15, 0.2) is 12.1 Å². The van der Waals surface area contributed by atoms with E-state index in [-0.39, 0.29) is 0 Å². The predicted octanol–water partition coefficient (Wildman–Crippen LogP) is 2.49. The zero-order valence-corrected chi connectivity index (χ0v) is 9.01. The highest BCUT2D eigenvalue weighted by Crippen LogP contribution is 2.40. The topological polar surface area (TPSA) is 30.5 Å². The number of hydrogen-bond acceptors (Lipinski definition) is 3.